The maximum atomic E-state index is 11.8. The summed E-state index contributed by atoms with van der Waals surface area (Å²) in [6, 6.07) is 7.69. The Balaban J connectivity index is 1.81. The Morgan fingerprint density at radius 2 is 2.22 bits per heavy atom. The van der Waals surface area contributed by atoms with Crippen molar-refractivity contribution in [1.29, 1.82) is 0 Å². The van der Waals surface area contributed by atoms with Crippen molar-refractivity contribution in [3.8, 4) is 0 Å². The van der Waals surface area contributed by atoms with Crippen LogP contribution in [-0.2, 0) is 4.74 Å². The smallest absolute Gasteiger partial charge is 0.348 e. The van der Waals surface area contributed by atoms with Gasteiger partial charge in [0, 0.05) is 17.3 Å². The first kappa shape index (κ1) is 15.5. The lowest BCUT2D eigenvalue weighted by atomic mass is 10.2. The Bertz CT molecular complexity index is 840. The standard InChI is InChI=1S/C16H17N3O3S/c1-4-21-16(20)14-8-11-7-12(5-6-13(11)23-14)17-9(2)15-19-18-10(3)22-15/h5-9,17H,4H2,1-3H3. The van der Waals surface area contributed by atoms with Crippen LogP contribution in [0.25, 0.3) is 10.1 Å². The van der Waals surface area contributed by atoms with Gasteiger partial charge in [0.1, 0.15) is 10.9 Å². The maximum absolute atomic E-state index is 11.8. The van der Waals surface area contributed by atoms with Crippen LogP contribution in [0.4, 0.5) is 5.69 Å². The van der Waals surface area contributed by atoms with E-state index in [2.05, 4.69) is 15.5 Å². The molecule has 0 saturated carbocycles. The summed E-state index contributed by atoms with van der Waals surface area (Å²) in [4.78, 5) is 12.4. The molecule has 0 fully saturated rings. The van der Waals surface area contributed by atoms with Crippen LogP contribution < -0.4 is 5.32 Å². The van der Waals surface area contributed by atoms with Gasteiger partial charge in [-0.2, -0.15) is 0 Å². The number of thiophene rings is 1. The number of esters is 1. The van der Waals surface area contributed by atoms with E-state index in [-0.39, 0.29) is 12.0 Å². The van der Waals surface area contributed by atoms with Crippen LogP contribution in [0.5, 0.6) is 0 Å². The Morgan fingerprint density at radius 3 is 2.91 bits per heavy atom. The van der Waals surface area contributed by atoms with E-state index in [0.717, 1.165) is 15.8 Å². The summed E-state index contributed by atoms with van der Waals surface area (Å²) in [5.74, 6) is 0.805. The van der Waals surface area contributed by atoms with E-state index in [9.17, 15) is 4.79 Å². The SMILES string of the molecule is CCOC(=O)c1cc2cc(NC(C)c3nnc(C)o3)ccc2s1. The minimum Gasteiger partial charge on any atom is -0.462 e. The predicted octanol–water partition coefficient (Wildman–Crippen LogP) is 3.94. The van der Waals surface area contributed by atoms with Crippen LogP contribution in [0.1, 0.15) is 41.3 Å². The maximum Gasteiger partial charge on any atom is 0.348 e. The number of anilines is 1. The van der Waals surface area contributed by atoms with E-state index >= 15 is 0 Å². The number of rotatable bonds is 5. The molecule has 120 valence electrons. The van der Waals surface area contributed by atoms with Gasteiger partial charge < -0.3 is 14.5 Å². The van der Waals surface area contributed by atoms with Crippen molar-refractivity contribution >= 4 is 33.1 Å². The fourth-order valence-corrected chi connectivity index (χ4v) is 3.17. The molecule has 7 heteroatoms. The summed E-state index contributed by atoms with van der Waals surface area (Å²) in [6.07, 6.45) is 0. The lowest BCUT2D eigenvalue weighted by Gasteiger charge is -2.11. The lowest BCUT2D eigenvalue weighted by molar-refractivity contribution is 0.0532. The summed E-state index contributed by atoms with van der Waals surface area (Å²) in [5.41, 5.74) is 0.925. The molecule has 0 spiro atoms. The van der Waals surface area contributed by atoms with Crippen LogP contribution in [0.15, 0.2) is 28.7 Å². The van der Waals surface area contributed by atoms with Gasteiger partial charge in [0.05, 0.1) is 6.61 Å². The first-order valence-electron chi connectivity index (χ1n) is 7.34. The van der Waals surface area contributed by atoms with Crippen molar-refractivity contribution < 1.29 is 13.9 Å². The molecule has 1 atom stereocenters. The van der Waals surface area contributed by atoms with Crippen LogP contribution in [-0.4, -0.2) is 22.8 Å². The largest absolute Gasteiger partial charge is 0.462 e. The Kier molecular flexibility index (Phi) is 4.29. The van der Waals surface area contributed by atoms with Gasteiger partial charge >= 0.3 is 5.97 Å². The van der Waals surface area contributed by atoms with E-state index in [0.29, 0.717) is 23.3 Å². The second-order valence-electron chi connectivity index (χ2n) is 5.11. The van der Waals surface area contributed by atoms with Gasteiger partial charge in [0.2, 0.25) is 11.8 Å². The second kappa shape index (κ2) is 6.37. The first-order valence-corrected chi connectivity index (χ1v) is 8.15. The van der Waals surface area contributed by atoms with Crippen molar-refractivity contribution in [2.24, 2.45) is 0 Å². The van der Waals surface area contributed by atoms with Crippen LogP contribution in [0, 0.1) is 6.92 Å². The van der Waals surface area contributed by atoms with E-state index in [1.807, 2.05) is 31.2 Å². The minimum atomic E-state index is -0.280. The lowest BCUT2D eigenvalue weighted by Crippen LogP contribution is -2.06. The molecule has 6 nitrogen and oxygen atoms in total. The Hall–Kier alpha value is -2.41. The predicted molar refractivity (Wildman–Crippen MR) is 88.9 cm³/mol. The fraction of sp³-hybridized carbons (Fsp3) is 0.312. The number of carbonyl (C=O) groups is 1. The molecule has 2 heterocycles. The average molecular weight is 331 g/mol. The highest BCUT2D eigenvalue weighted by molar-refractivity contribution is 7.20. The fourth-order valence-electron chi connectivity index (χ4n) is 2.23. The molecular formula is C16H17N3O3S. The summed E-state index contributed by atoms with van der Waals surface area (Å²) in [7, 11) is 0. The van der Waals surface area contributed by atoms with Crippen molar-refractivity contribution in [1.82, 2.24) is 10.2 Å². The molecule has 1 aromatic carbocycles. The molecule has 1 unspecified atom stereocenters. The van der Waals surface area contributed by atoms with Crippen molar-refractivity contribution in [2.45, 2.75) is 26.8 Å². The van der Waals surface area contributed by atoms with Gasteiger partial charge in [-0.3, -0.25) is 0 Å². The van der Waals surface area contributed by atoms with Gasteiger partial charge in [-0.15, -0.1) is 21.5 Å². The summed E-state index contributed by atoms with van der Waals surface area (Å²) < 4.78 is 11.5. The summed E-state index contributed by atoms with van der Waals surface area (Å²) in [5, 5.41) is 12.2. The van der Waals surface area contributed by atoms with Crippen molar-refractivity contribution in [3.05, 3.63) is 40.9 Å². The molecule has 0 amide bonds. The molecule has 0 aliphatic rings. The summed E-state index contributed by atoms with van der Waals surface area (Å²) in [6.45, 7) is 5.89. The quantitative estimate of drug-likeness (QED) is 0.714. The number of hydrogen-bond acceptors (Lipinski definition) is 7. The van der Waals surface area contributed by atoms with Crippen LogP contribution in [0.3, 0.4) is 0 Å². The zero-order valence-corrected chi connectivity index (χ0v) is 13.9. The number of benzene rings is 1. The monoisotopic (exact) mass is 331 g/mol. The number of nitrogens with one attached hydrogen (secondary N) is 1. The zero-order chi connectivity index (χ0) is 16.4. The third-order valence-electron chi connectivity index (χ3n) is 3.29. The second-order valence-corrected chi connectivity index (χ2v) is 6.19. The Labute approximate surface area is 137 Å². The van der Waals surface area contributed by atoms with E-state index < -0.39 is 0 Å². The molecule has 0 saturated heterocycles. The van der Waals surface area contributed by atoms with Gasteiger partial charge in [0.15, 0.2) is 0 Å². The number of aryl methyl sites for hydroxylation is 1. The molecule has 3 rings (SSSR count). The molecular weight excluding hydrogens is 314 g/mol. The molecule has 0 bridgehead atoms. The van der Waals surface area contributed by atoms with Crippen LogP contribution >= 0.6 is 11.3 Å². The van der Waals surface area contributed by atoms with Crippen molar-refractivity contribution in [3.63, 3.8) is 0 Å². The molecule has 1 N–H and O–H groups in total. The van der Waals surface area contributed by atoms with Gasteiger partial charge in [0.25, 0.3) is 0 Å². The first-order chi connectivity index (χ1) is 11.1. The van der Waals surface area contributed by atoms with E-state index in [1.54, 1.807) is 13.8 Å². The van der Waals surface area contributed by atoms with E-state index in [1.165, 1.54) is 11.3 Å². The normalized spacial score (nSPS) is 12.3. The number of hydrogen-bond donors (Lipinski definition) is 1. The topological polar surface area (TPSA) is 77.2 Å². The molecule has 0 radical (unpaired) electrons. The third kappa shape index (κ3) is 3.34. The Morgan fingerprint density at radius 1 is 1.39 bits per heavy atom. The van der Waals surface area contributed by atoms with E-state index in [4.69, 9.17) is 9.15 Å². The number of fused-ring (bicyclic) bond motifs is 1. The average Bonchev–Trinajstić information content (AvgIpc) is 3.13. The number of nitrogens with zero attached hydrogens (tertiary/aromatic N) is 2. The third-order valence-corrected chi connectivity index (χ3v) is 4.38. The summed E-state index contributed by atoms with van der Waals surface area (Å²) >= 11 is 1.43. The number of carbonyl (C=O) groups excluding carboxylic acids is 1. The van der Waals surface area contributed by atoms with Gasteiger partial charge in [-0.1, -0.05) is 0 Å². The molecule has 23 heavy (non-hydrogen) atoms. The molecule has 0 aliphatic heterocycles. The van der Waals surface area contributed by atoms with Gasteiger partial charge in [-0.25, -0.2) is 4.79 Å². The molecule has 2 aromatic heterocycles. The highest BCUT2D eigenvalue weighted by atomic mass is 32.1. The highest BCUT2D eigenvalue weighted by Gasteiger charge is 2.14. The van der Waals surface area contributed by atoms with Gasteiger partial charge in [-0.05, 0) is 43.5 Å². The molecule has 0 aliphatic carbocycles. The highest BCUT2D eigenvalue weighted by Crippen LogP contribution is 2.30. The minimum absolute atomic E-state index is 0.100. The number of ether oxygens (including phenoxy) is 1. The zero-order valence-electron chi connectivity index (χ0n) is 13.1. The number of aromatic nitrogens is 2. The molecule has 3 aromatic rings. The van der Waals surface area contributed by atoms with Crippen molar-refractivity contribution in [2.75, 3.05) is 11.9 Å². The van der Waals surface area contributed by atoms with Crippen LogP contribution in [0.2, 0.25) is 0 Å².